The summed E-state index contributed by atoms with van der Waals surface area (Å²) in [5.74, 6) is 0.748. The van der Waals surface area contributed by atoms with Crippen LogP contribution in [-0.2, 0) is 5.75 Å². The Morgan fingerprint density at radius 2 is 2.05 bits per heavy atom. The number of halogens is 2. The maximum atomic E-state index is 5.98. The van der Waals surface area contributed by atoms with Crippen LogP contribution in [0.4, 0.5) is 0 Å². The first-order chi connectivity index (χ1) is 9.22. The molecule has 0 unspecified atom stereocenters. The molecule has 3 aromatic rings. The van der Waals surface area contributed by atoms with Gasteiger partial charge in [-0.3, -0.25) is 0 Å². The van der Waals surface area contributed by atoms with Crippen molar-refractivity contribution in [2.45, 2.75) is 5.75 Å². The fraction of sp³-hybridized carbons (Fsp3) is 0.0833. The van der Waals surface area contributed by atoms with E-state index in [1.807, 2.05) is 18.3 Å². The van der Waals surface area contributed by atoms with E-state index in [9.17, 15) is 0 Å². The highest BCUT2D eigenvalue weighted by Crippen LogP contribution is 2.25. The largest absolute Gasteiger partial charge is 0.242 e. The second-order valence-corrected chi connectivity index (χ2v) is 5.58. The Labute approximate surface area is 123 Å². The summed E-state index contributed by atoms with van der Waals surface area (Å²) in [4.78, 5) is 8.07. The molecular weight excluding hydrogens is 303 g/mol. The molecule has 0 N–H and O–H groups in total. The van der Waals surface area contributed by atoms with E-state index in [1.165, 1.54) is 6.33 Å². The van der Waals surface area contributed by atoms with Gasteiger partial charge in [-0.2, -0.15) is 5.10 Å². The van der Waals surface area contributed by atoms with E-state index in [0.717, 1.165) is 22.3 Å². The Hall–Kier alpha value is -1.30. The lowest BCUT2D eigenvalue weighted by molar-refractivity contribution is 1.03. The van der Waals surface area contributed by atoms with E-state index in [1.54, 1.807) is 28.3 Å². The Balaban J connectivity index is 1.76. The van der Waals surface area contributed by atoms with Gasteiger partial charge >= 0.3 is 0 Å². The van der Waals surface area contributed by atoms with Crippen molar-refractivity contribution in [1.82, 2.24) is 19.2 Å². The van der Waals surface area contributed by atoms with Gasteiger partial charge in [0.05, 0.1) is 22.4 Å². The maximum absolute atomic E-state index is 5.98. The molecule has 0 radical (unpaired) electrons. The number of hydrogen-bond donors (Lipinski definition) is 0. The van der Waals surface area contributed by atoms with Crippen molar-refractivity contribution in [3.63, 3.8) is 0 Å². The first kappa shape index (κ1) is 12.7. The molecule has 0 aliphatic heterocycles. The third-order valence-corrected chi connectivity index (χ3v) is 4.16. The standard InChI is InChI=1S/C12H8Cl2N4S/c13-9-2-1-8(3-10(9)14)6-19-18-5-12-11(17-18)4-15-7-16-12/h1-5,7H,6H2. The normalized spacial score (nSPS) is 11.1. The Morgan fingerprint density at radius 3 is 2.84 bits per heavy atom. The Bertz CT molecular complexity index is 696. The van der Waals surface area contributed by atoms with Crippen molar-refractivity contribution in [3.05, 3.63) is 52.5 Å². The van der Waals surface area contributed by atoms with Gasteiger partial charge in [0.25, 0.3) is 0 Å². The van der Waals surface area contributed by atoms with E-state index in [2.05, 4.69) is 15.1 Å². The van der Waals surface area contributed by atoms with Gasteiger partial charge in [0.2, 0.25) is 0 Å². The molecule has 1 aromatic carbocycles. The zero-order valence-corrected chi connectivity index (χ0v) is 12.0. The molecule has 0 fully saturated rings. The Morgan fingerprint density at radius 1 is 1.16 bits per heavy atom. The molecule has 0 atom stereocenters. The summed E-state index contributed by atoms with van der Waals surface area (Å²) < 4.78 is 1.78. The molecule has 0 aliphatic carbocycles. The van der Waals surface area contributed by atoms with Crippen molar-refractivity contribution in [2.75, 3.05) is 0 Å². The average Bonchev–Trinajstić information content (AvgIpc) is 2.83. The van der Waals surface area contributed by atoms with Crippen LogP contribution in [0.3, 0.4) is 0 Å². The second-order valence-electron chi connectivity index (χ2n) is 3.85. The molecule has 0 spiro atoms. The topological polar surface area (TPSA) is 43.6 Å². The number of rotatable bonds is 3. The first-order valence-electron chi connectivity index (χ1n) is 5.45. The molecule has 2 heterocycles. The highest BCUT2D eigenvalue weighted by Gasteiger charge is 2.04. The molecule has 0 aliphatic rings. The summed E-state index contributed by atoms with van der Waals surface area (Å²) in [7, 11) is 0. The van der Waals surface area contributed by atoms with E-state index in [4.69, 9.17) is 23.2 Å². The lowest BCUT2D eigenvalue weighted by Gasteiger charge is -2.02. The van der Waals surface area contributed by atoms with Crippen molar-refractivity contribution in [1.29, 1.82) is 0 Å². The number of aromatic nitrogens is 4. The fourth-order valence-corrected chi connectivity index (χ4v) is 2.69. The van der Waals surface area contributed by atoms with Crippen molar-refractivity contribution < 1.29 is 0 Å². The van der Waals surface area contributed by atoms with Gasteiger partial charge in [-0.25, -0.2) is 14.1 Å². The predicted octanol–water partition coefficient (Wildman–Crippen LogP) is 3.83. The van der Waals surface area contributed by atoms with Crippen molar-refractivity contribution in [3.8, 4) is 0 Å². The zero-order chi connectivity index (χ0) is 13.2. The molecule has 3 rings (SSSR count). The zero-order valence-electron chi connectivity index (χ0n) is 9.62. The minimum Gasteiger partial charge on any atom is -0.242 e. The van der Waals surface area contributed by atoms with Gasteiger partial charge in [0, 0.05) is 5.75 Å². The third-order valence-electron chi connectivity index (χ3n) is 2.51. The smallest absolute Gasteiger partial charge is 0.130 e. The predicted molar refractivity (Wildman–Crippen MR) is 78.5 cm³/mol. The molecule has 96 valence electrons. The summed E-state index contributed by atoms with van der Waals surface area (Å²) >= 11 is 13.4. The van der Waals surface area contributed by atoms with Crippen LogP contribution < -0.4 is 0 Å². The highest BCUT2D eigenvalue weighted by molar-refractivity contribution is 7.96. The monoisotopic (exact) mass is 310 g/mol. The van der Waals surface area contributed by atoms with Gasteiger partial charge in [-0.15, -0.1) is 0 Å². The number of benzene rings is 1. The first-order valence-corrected chi connectivity index (χ1v) is 7.15. The lowest BCUT2D eigenvalue weighted by atomic mass is 10.2. The van der Waals surface area contributed by atoms with Crippen LogP contribution >= 0.6 is 35.1 Å². The fourth-order valence-electron chi connectivity index (χ4n) is 1.58. The summed E-state index contributed by atoms with van der Waals surface area (Å²) in [6, 6.07) is 5.61. The number of nitrogens with zero attached hydrogens (tertiary/aromatic N) is 4. The minimum atomic E-state index is 0.565. The highest BCUT2D eigenvalue weighted by atomic mass is 35.5. The van der Waals surface area contributed by atoms with Gasteiger partial charge < -0.3 is 0 Å². The molecule has 0 amide bonds. The van der Waals surface area contributed by atoms with Gasteiger partial charge in [0.1, 0.15) is 17.4 Å². The molecule has 0 saturated carbocycles. The SMILES string of the molecule is Clc1ccc(CSn2cc3ncncc3n2)cc1Cl. The van der Waals surface area contributed by atoms with Crippen LogP contribution in [0.2, 0.25) is 10.0 Å². The van der Waals surface area contributed by atoms with Crippen LogP contribution in [0, 0.1) is 0 Å². The third kappa shape index (κ3) is 2.83. The summed E-state index contributed by atoms with van der Waals surface area (Å²) in [6.07, 6.45) is 5.08. The van der Waals surface area contributed by atoms with Crippen molar-refractivity contribution in [2.24, 2.45) is 0 Å². The van der Waals surface area contributed by atoms with E-state index < -0.39 is 0 Å². The maximum Gasteiger partial charge on any atom is 0.130 e. The molecule has 4 nitrogen and oxygen atoms in total. The Kier molecular flexibility index (Phi) is 3.59. The van der Waals surface area contributed by atoms with E-state index in [0.29, 0.717) is 10.0 Å². The lowest BCUT2D eigenvalue weighted by Crippen LogP contribution is -1.89. The van der Waals surface area contributed by atoms with Crippen LogP contribution in [0.1, 0.15) is 5.56 Å². The number of fused-ring (bicyclic) bond motifs is 1. The van der Waals surface area contributed by atoms with Crippen LogP contribution in [0.5, 0.6) is 0 Å². The molecule has 0 saturated heterocycles. The van der Waals surface area contributed by atoms with E-state index in [-0.39, 0.29) is 0 Å². The van der Waals surface area contributed by atoms with Crippen molar-refractivity contribution >= 4 is 46.2 Å². The van der Waals surface area contributed by atoms with E-state index >= 15 is 0 Å². The molecule has 7 heteroatoms. The number of hydrogen-bond acceptors (Lipinski definition) is 4. The molecule has 0 bridgehead atoms. The molecular formula is C12H8Cl2N4S. The van der Waals surface area contributed by atoms with Crippen LogP contribution in [0.25, 0.3) is 11.0 Å². The molecule has 2 aromatic heterocycles. The summed E-state index contributed by atoms with van der Waals surface area (Å²) in [5, 5.41) is 5.49. The molecule has 19 heavy (non-hydrogen) atoms. The van der Waals surface area contributed by atoms with Crippen LogP contribution in [0.15, 0.2) is 36.9 Å². The van der Waals surface area contributed by atoms with Gasteiger partial charge in [-0.05, 0) is 29.6 Å². The van der Waals surface area contributed by atoms with Gasteiger partial charge in [0.15, 0.2) is 0 Å². The second kappa shape index (κ2) is 5.36. The van der Waals surface area contributed by atoms with Gasteiger partial charge in [-0.1, -0.05) is 29.3 Å². The summed E-state index contributed by atoms with van der Waals surface area (Å²) in [5.41, 5.74) is 2.70. The average molecular weight is 311 g/mol. The quantitative estimate of drug-likeness (QED) is 0.737. The summed E-state index contributed by atoms with van der Waals surface area (Å²) in [6.45, 7) is 0. The van der Waals surface area contributed by atoms with Crippen LogP contribution in [-0.4, -0.2) is 19.2 Å². The minimum absolute atomic E-state index is 0.565.